The number of nitrogens with one attached hydrogen (secondary N) is 1. The Morgan fingerprint density at radius 2 is 2.12 bits per heavy atom. The van der Waals surface area contributed by atoms with Gasteiger partial charge in [0.05, 0.1) is 5.02 Å². The predicted octanol–water partition coefficient (Wildman–Crippen LogP) is 3.43. The van der Waals surface area contributed by atoms with Crippen LogP contribution in [0.2, 0.25) is 5.02 Å². The number of hydrogen-bond acceptors (Lipinski definition) is 3. The zero-order valence-corrected chi connectivity index (χ0v) is 11.6. The van der Waals surface area contributed by atoms with E-state index < -0.39 is 0 Å². The molecule has 2 rings (SSSR count). The van der Waals surface area contributed by atoms with Gasteiger partial charge in [0.15, 0.2) is 0 Å². The van der Waals surface area contributed by atoms with E-state index in [2.05, 4.69) is 5.32 Å². The fourth-order valence-electron chi connectivity index (χ4n) is 2.59. The summed E-state index contributed by atoms with van der Waals surface area (Å²) < 4.78 is 0. The van der Waals surface area contributed by atoms with Gasteiger partial charge in [0.25, 0.3) is 0 Å². The monoisotopic (exact) mass is 273 g/mol. The first-order valence-corrected chi connectivity index (χ1v) is 7.54. The van der Waals surface area contributed by atoms with Crippen molar-refractivity contribution in [2.75, 3.05) is 13.2 Å². The molecule has 4 heteroatoms. The Balaban J connectivity index is 1.79. The van der Waals surface area contributed by atoms with Gasteiger partial charge in [-0.2, -0.15) is 0 Å². The largest absolute Gasteiger partial charge is 0.396 e. The number of aliphatic hydroxyl groups is 1. The highest BCUT2D eigenvalue weighted by Crippen LogP contribution is 2.35. The maximum atomic E-state index is 9.58. The van der Waals surface area contributed by atoms with Crippen LogP contribution in [0, 0.1) is 5.41 Å². The normalized spacial score (nSPS) is 19.4. The average Bonchev–Trinajstić information content (AvgIpc) is 2.76. The highest BCUT2D eigenvalue weighted by molar-refractivity contribution is 7.10. The summed E-state index contributed by atoms with van der Waals surface area (Å²) in [5, 5.41) is 15.8. The molecule has 1 fully saturated rings. The molecule has 96 valence electrons. The lowest BCUT2D eigenvalue weighted by Gasteiger charge is -2.35. The Kier molecular flexibility index (Phi) is 4.86. The second-order valence-electron chi connectivity index (χ2n) is 5.05. The molecule has 0 unspecified atom stereocenters. The quantitative estimate of drug-likeness (QED) is 0.861. The first kappa shape index (κ1) is 13.3. The van der Waals surface area contributed by atoms with Crippen molar-refractivity contribution in [1.82, 2.24) is 5.32 Å². The molecule has 0 aromatic carbocycles. The summed E-state index contributed by atoms with van der Waals surface area (Å²) >= 11 is 7.57. The Morgan fingerprint density at radius 3 is 2.71 bits per heavy atom. The van der Waals surface area contributed by atoms with Gasteiger partial charge in [-0.25, -0.2) is 0 Å². The second-order valence-corrected chi connectivity index (χ2v) is 6.49. The van der Waals surface area contributed by atoms with Crippen LogP contribution >= 0.6 is 22.9 Å². The Labute approximate surface area is 112 Å². The van der Waals surface area contributed by atoms with Crippen molar-refractivity contribution in [3.8, 4) is 0 Å². The summed E-state index contributed by atoms with van der Waals surface area (Å²) in [6, 6.07) is 2.01. The van der Waals surface area contributed by atoms with Gasteiger partial charge in [0, 0.05) is 35.4 Å². The van der Waals surface area contributed by atoms with Crippen molar-refractivity contribution < 1.29 is 5.11 Å². The molecular weight excluding hydrogens is 254 g/mol. The molecule has 1 aromatic heterocycles. The minimum atomic E-state index is 0.124. The summed E-state index contributed by atoms with van der Waals surface area (Å²) in [5.41, 5.74) is 0.124. The smallest absolute Gasteiger partial charge is 0.0516 e. The first-order chi connectivity index (χ1) is 8.24. The minimum absolute atomic E-state index is 0.124. The third kappa shape index (κ3) is 3.68. The van der Waals surface area contributed by atoms with Crippen molar-refractivity contribution in [3.05, 3.63) is 21.3 Å². The summed E-state index contributed by atoms with van der Waals surface area (Å²) in [6.07, 6.45) is 6.14. The Bertz CT molecular complexity index is 347. The predicted molar refractivity (Wildman–Crippen MR) is 73.6 cm³/mol. The second kappa shape index (κ2) is 6.19. The molecular formula is C13H20ClNOS. The standard InChI is InChI=1S/C13H20ClNOS/c14-11-6-12(17-8-11)7-15-9-13(10-16)4-2-1-3-5-13/h6,8,15-16H,1-5,7,9-10H2. The molecule has 1 saturated carbocycles. The SMILES string of the molecule is OCC1(CNCc2cc(Cl)cs2)CCCCC1. The third-order valence-electron chi connectivity index (χ3n) is 3.67. The summed E-state index contributed by atoms with van der Waals surface area (Å²) in [6.45, 7) is 2.09. The highest BCUT2D eigenvalue weighted by atomic mass is 35.5. The molecule has 2 N–H and O–H groups in total. The zero-order valence-electron chi connectivity index (χ0n) is 10.0. The number of halogens is 1. The van der Waals surface area contributed by atoms with E-state index in [1.165, 1.54) is 24.1 Å². The van der Waals surface area contributed by atoms with Gasteiger partial charge in [-0.15, -0.1) is 11.3 Å². The van der Waals surface area contributed by atoms with Gasteiger partial charge < -0.3 is 10.4 Å². The van der Waals surface area contributed by atoms with Gasteiger partial charge in [0.2, 0.25) is 0 Å². The molecule has 0 atom stereocenters. The number of hydrogen-bond donors (Lipinski definition) is 2. The van der Waals surface area contributed by atoms with Gasteiger partial charge >= 0.3 is 0 Å². The van der Waals surface area contributed by atoms with Crippen LogP contribution in [0.5, 0.6) is 0 Å². The van der Waals surface area contributed by atoms with E-state index in [-0.39, 0.29) is 5.41 Å². The first-order valence-electron chi connectivity index (χ1n) is 6.29. The lowest BCUT2D eigenvalue weighted by Crippen LogP contribution is -2.38. The molecule has 1 heterocycles. The van der Waals surface area contributed by atoms with Crippen LogP contribution < -0.4 is 5.32 Å². The molecule has 17 heavy (non-hydrogen) atoms. The lowest BCUT2D eigenvalue weighted by molar-refractivity contribution is 0.0811. The molecule has 0 radical (unpaired) electrons. The van der Waals surface area contributed by atoms with Crippen LogP contribution in [0.15, 0.2) is 11.4 Å². The van der Waals surface area contributed by atoms with Gasteiger partial charge in [0.1, 0.15) is 0 Å². The maximum Gasteiger partial charge on any atom is 0.0516 e. The molecule has 0 aliphatic heterocycles. The van der Waals surface area contributed by atoms with E-state index in [4.69, 9.17) is 11.6 Å². The number of rotatable bonds is 5. The molecule has 1 aromatic rings. The molecule has 0 spiro atoms. The molecule has 0 amide bonds. The van der Waals surface area contributed by atoms with Crippen molar-refractivity contribution in [2.24, 2.45) is 5.41 Å². The van der Waals surface area contributed by atoms with Crippen LogP contribution in [0.25, 0.3) is 0 Å². The van der Waals surface area contributed by atoms with Crippen LogP contribution in [-0.2, 0) is 6.54 Å². The molecule has 0 saturated heterocycles. The summed E-state index contributed by atoms with van der Waals surface area (Å²) in [5.74, 6) is 0. The van der Waals surface area contributed by atoms with E-state index >= 15 is 0 Å². The topological polar surface area (TPSA) is 32.3 Å². The molecule has 0 bridgehead atoms. The van der Waals surface area contributed by atoms with E-state index in [1.54, 1.807) is 11.3 Å². The van der Waals surface area contributed by atoms with Crippen molar-refractivity contribution in [3.63, 3.8) is 0 Å². The van der Waals surface area contributed by atoms with Crippen molar-refractivity contribution in [1.29, 1.82) is 0 Å². The minimum Gasteiger partial charge on any atom is -0.396 e. The third-order valence-corrected chi connectivity index (χ3v) is 4.95. The fourth-order valence-corrected chi connectivity index (χ4v) is 3.63. The van der Waals surface area contributed by atoms with Gasteiger partial charge in [-0.1, -0.05) is 30.9 Å². The van der Waals surface area contributed by atoms with Crippen LogP contribution in [-0.4, -0.2) is 18.3 Å². The summed E-state index contributed by atoms with van der Waals surface area (Å²) in [7, 11) is 0. The van der Waals surface area contributed by atoms with E-state index in [9.17, 15) is 5.11 Å². The van der Waals surface area contributed by atoms with E-state index in [0.29, 0.717) is 6.61 Å². The van der Waals surface area contributed by atoms with Crippen LogP contribution in [0.3, 0.4) is 0 Å². The number of thiophene rings is 1. The molecule has 2 nitrogen and oxygen atoms in total. The van der Waals surface area contributed by atoms with Crippen LogP contribution in [0.4, 0.5) is 0 Å². The highest BCUT2D eigenvalue weighted by Gasteiger charge is 2.30. The van der Waals surface area contributed by atoms with E-state index in [0.717, 1.165) is 31.0 Å². The van der Waals surface area contributed by atoms with E-state index in [1.807, 2.05) is 11.4 Å². The molecule has 1 aliphatic carbocycles. The maximum absolute atomic E-state index is 9.58. The van der Waals surface area contributed by atoms with Crippen LogP contribution in [0.1, 0.15) is 37.0 Å². The fraction of sp³-hybridized carbons (Fsp3) is 0.692. The van der Waals surface area contributed by atoms with Crippen molar-refractivity contribution in [2.45, 2.75) is 38.6 Å². The summed E-state index contributed by atoms with van der Waals surface area (Å²) in [4.78, 5) is 1.26. The van der Waals surface area contributed by atoms with Gasteiger partial charge in [-0.3, -0.25) is 0 Å². The van der Waals surface area contributed by atoms with Gasteiger partial charge in [-0.05, 0) is 18.9 Å². The number of aliphatic hydroxyl groups excluding tert-OH is 1. The van der Waals surface area contributed by atoms with Crippen molar-refractivity contribution >= 4 is 22.9 Å². The zero-order chi connectivity index (χ0) is 12.1. The molecule has 1 aliphatic rings. The average molecular weight is 274 g/mol. The Morgan fingerprint density at radius 1 is 1.35 bits per heavy atom. The Hall–Kier alpha value is -0.0900. The lowest BCUT2D eigenvalue weighted by atomic mass is 9.74.